The molecule has 8 heteroatoms. The van der Waals surface area contributed by atoms with Gasteiger partial charge < -0.3 is 5.32 Å². The summed E-state index contributed by atoms with van der Waals surface area (Å²) >= 11 is 5.99. The van der Waals surface area contributed by atoms with Crippen LogP contribution in [0.4, 0.5) is 5.82 Å². The van der Waals surface area contributed by atoms with Crippen LogP contribution in [0.1, 0.15) is 36.1 Å². The largest absolute Gasteiger partial charge is 0.305 e. The van der Waals surface area contributed by atoms with Crippen LogP contribution in [0.5, 0.6) is 0 Å². The van der Waals surface area contributed by atoms with Crippen LogP contribution in [0, 0.1) is 6.92 Å². The van der Waals surface area contributed by atoms with Crippen molar-refractivity contribution in [3.8, 4) is 5.69 Å². The highest BCUT2D eigenvalue weighted by Gasteiger charge is 2.18. The number of rotatable bonds is 4. The van der Waals surface area contributed by atoms with Crippen LogP contribution in [0.15, 0.2) is 36.5 Å². The number of nitrogens with zero attached hydrogens (tertiary/aromatic N) is 5. The molecule has 24 heavy (non-hydrogen) atoms. The molecule has 1 N–H and O–H groups in total. The fourth-order valence-corrected chi connectivity index (χ4v) is 2.49. The summed E-state index contributed by atoms with van der Waals surface area (Å²) in [6, 6.07) is 9.00. The molecule has 3 aromatic rings. The Hall–Kier alpha value is -2.67. The minimum Gasteiger partial charge on any atom is -0.305 e. The lowest BCUT2D eigenvalue weighted by Crippen LogP contribution is -2.18. The summed E-state index contributed by atoms with van der Waals surface area (Å²) in [7, 11) is 0. The molecule has 3 rings (SSSR count). The predicted octanol–water partition coefficient (Wildman–Crippen LogP) is 3.26. The van der Waals surface area contributed by atoms with Gasteiger partial charge in [-0.1, -0.05) is 17.7 Å². The SMILES string of the molecule is Cc1nn(-c2cccc(Cl)c2)nc1C(=O)Nc1ccnn1C(C)C. The lowest BCUT2D eigenvalue weighted by molar-refractivity contribution is 0.102. The van der Waals surface area contributed by atoms with Crippen molar-refractivity contribution in [1.82, 2.24) is 24.8 Å². The molecule has 0 unspecified atom stereocenters. The van der Waals surface area contributed by atoms with Gasteiger partial charge in [0.1, 0.15) is 5.82 Å². The van der Waals surface area contributed by atoms with Crippen molar-refractivity contribution in [3.05, 3.63) is 52.9 Å². The summed E-state index contributed by atoms with van der Waals surface area (Å²) in [5.74, 6) is 0.287. The Bertz CT molecular complexity index is 882. The second kappa shape index (κ2) is 6.45. The average Bonchev–Trinajstić information content (AvgIpc) is 3.14. The summed E-state index contributed by atoms with van der Waals surface area (Å²) in [5, 5.41) is 16.2. The van der Waals surface area contributed by atoms with E-state index in [1.807, 2.05) is 19.9 Å². The molecule has 0 atom stereocenters. The maximum Gasteiger partial charge on any atom is 0.279 e. The summed E-state index contributed by atoms with van der Waals surface area (Å²) in [5.41, 5.74) is 1.48. The molecule has 124 valence electrons. The van der Waals surface area contributed by atoms with Crippen molar-refractivity contribution >= 4 is 23.3 Å². The third kappa shape index (κ3) is 3.16. The van der Waals surface area contributed by atoms with E-state index in [0.29, 0.717) is 22.2 Å². The van der Waals surface area contributed by atoms with Gasteiger partial charge in [-0.05, 0) is 39.0 Å². The molecule has 1 aromatic carbocycles. The number of halogens is 1. The average molecular weight is 345 g/mol. The van der Waals surface area contributed by atoms with Crippen molar-refractivity contribution in [1.29, 1.82) is 0 Å². The topological polar surface area (TPSA) is 77.6 Å². The highest BCUT2D eigenvalue weighted by molar-refractivity contribution is 6.30. The van der Waals surface area contributed by atoms with Crippen molar-refractivity contribution in [2.45, 2.75) is 26.8 Å². The monoisotopic (exact) mass is 344 g/mol. The van der Waals surface area contributed by atoms with Gasteiger partial charge in [0.2, 0.25) is 0 Å². The molecule has 2 aromatic heterocycles. The molecule has 7 nitrogen and oxygen atoms in total. The van der Waals surface area contributed by atoms with Crippen molar-refractivity contribution in [3.63, 3.8) is 0 Å². The smallest absolute Gasteiger partial charge is 0.279 e. The first-order valence-electron chi connectivity index (χ1n) is 7.50. The van der Waals surface area contributed by atoms with Crippen molar-refractivity contribution in [2.24, 2.45) is 0 Å². The van der Waals surface area contributed by atoms with E-state index in [1.54, 1.807) is 42.1 Å². The lowest BCUT2D eigenvalue weighted by atomic mass is 10.3. The fraction of sp³-hybridized carbons (Fsp3) is 0.250. The Morgan fingerprint density at radius 2 is 2.04 bits per heavy atom. The van der Waals surface area contributed by atoms with Gasteiger partial charge in [-0.25, -0.2) is 4.68 Å². The Labute approximate surface area is 144 Å². The zero-order valence-corrected chi connectivity index (χ0v) is 14.3. The fourth-order valence-electron chi connectivity index (χ4n) is 2.30. The van der Waals surface area contributed by atoms with E-state index < -0.39 is 0 Å². The molecule has 0 aliphatic carbocycles. The Kier molecular flexibility index (Phi) is 4.35. The highest BCUT2D eigenvalue weighted by Crippen LogP contribution is 2.17. The van der Waals surface area contributed by atoms with Crippen LogP contribution >= 0.6 is 11.6 Å². The lowest BCUT2D eigenvalue weighted by Gasteiger charge is -2.11. The Balaban J connectivity index is 1.87. The van der Waals surface area contributed by atoms with Gasteiger partial charge in [-0.2, -0.15) is 15.0 Å². The van der Waals surface area contributed by atoms with Gasteiger partial charge in [-0.15, -0.1) is 5.10 Å². The van der Waals surface area contributed by atoms with E-state index in [4.69, 9.17) is 11.6 Å². The van der Waals surface area contributed by atoms with Crippen LogP contribution < -0.4 is 5.32 Å². The van der Waals surface area contributed by atoms with Gasteiger partial charge in [0.15, 0.2) is 5.69 Å². The first-order valence-corrected chi connectivity index (χ1v) is 7.88. The molecular formula is C16H17ClN6O. The van der Waals surface area contributed by atoms with Gasteiger partial charge >= 0.3 is 0 Å². The zero-order valence-electron chi connectivity index (χ0n) is 13.6. The van der Waals surface area contributed by atoms with Gasteiger partial charge in [0.25, 0.3) is 5.91 Å². The van der Waals surface area contributed by atoms with Crippen molar-refractivity contribution in [2.75, 3.05) is 5.32 Å². The number of hydrogen-bond acceptors (Lipinski definition) is 4. The summed E-state index contributed by atoms with van der Waals surface area (Å²) in [6.07, 6.45) is 1.64. The standard InChI is InChI=1S/C16H17ClN6O/c1-10(2)22-14(7-8-18-22)19-16(24)15-11(3)20-23(21-15)13-6-4-5-12(17)9-13/h4-10H,1-3H3,(H,19,24). The quantitative estimate of drug-likeness (QED) is 0.788. The minimum absolute atomic E-state index is 0.138. The van der Waals surface area contributed by atoms with Crippen LogP contribution in [-0.2, 0) is 0 Å². The maximum absolute atomic E-state index is 12.5. The van der Waals surface area contributed by atoms with Gasteiger partial charge in [-0.3, -0.25) is 4.79 Å². The Morgan fingerprint density at radius 1 is 1.25 bits per heavy atom. The number of benzene rings is 1. The second-order valence-electron chi connectivity index (χ2n) is 5.61. The maximum atomic E-state index is 12.5. The minimum atomic E-state index is -0.330. The predicted molar refractivity (Wildman–Crippen MR) is 91.7 cm³/mol. The molecule has 0 aliphatic heterocycles. The van der Waals surface area contributed by atoms with Crippen LogP contribution in [0.3, 0.4) is 0 Å². The molecule has 0 fully saturated rings. The number of aromatic nitrogens is 5. The summed E-state index contributed by atoms with van der Waals surface area (Å²) < 4.78 is 1.73. The van der Waals surface area contributed by atoms with Crippen LogP contribution in [0.2, 0.25) is 5.02 Å². The molecule has 0 radical (unpaired) electrons. The van der Waals surface area contributed by atoms with Crippen molar-refractivity contribution < 1.29 is 4.79 Å². The zero-order chi connectivity index (χ0) is 17.3. The van der Waals surface area contributed by atoms with E-state index in [0.717, 1.165) is 0 Å². The van der Waals surface area contributed by atoms with E-state index >= 15 is 0 Å². The second-order valence-corrected chi connectivity index (χ2v) is 6.05. The first kappa shape index (κ1) is 16.2. The number of amides is 1. The highest BCUT2D eigenvalue weighted by atomic mass is 35.5. The Morgan fingerprint density at radius 3 is 2.75 bits per heavy atom. The van der Waals surface area contributed by atoms with E-state index in [2.05, 4.69) is 20.6 Å². The third-order valence-electron chi connectivity index (χ3n) is 3.44. The van der Waals surface area contributed by atoms with E-state index in [9.17, 15) is 4.79 Å². The van der Waals surface area contributed by atoms with Crippen LogP contribution in [0.25, 0.3) is 5.69 Å². The molecule has 0 saturated heterocycles. The molecule has 2 heterocycles. The number of aryl methyl sites for hydroxylation is 1. The summed E-state index contributed by atoms with van der Waals surface area (Å²) in [6.45, 7) is 5.72. The summed E-state index contributed by atoms with van der Waals surface area (Å²) in [4.78, 5) is 13.9. The molecule has 1 amide bonds. The van der Waals surface area contributed by atoms with E-state index in [1.165, 1.54) is 4.80 Å². The number of carbonyl (C=O) groups excluding carboxylic acids is 1. The molecular weight excluding hydrogens is 328 g/mol. The van der Waals surface area contributed by atoms with Crippen LogP contribution in [-0.4, -0.2) is 30.7 Å². The molecule has 0 bridgehead atoms. The number of hydrogen-bond donors (Lipinski definition) is 1. The van der Waals surface area contributed by atoms with E-state index in [-0.39, 0.29) is 17.6 Å². The normalized spacial score (nSPS) is 11.0. The molecule has 0 aliphatic rings. The molecule has 0 spiro atoms. The number of nitrogens with one attached hydrogen (secondary N) is 1. The first-order chi connectivity index (χ1) is 11.5. The molecule has 0 saturated carbocycles. The van der Waals surface area contributed by atoms with Gasteiger partial charge in [0, 0.05) is 17.1 Å². The number of anilines is 1. The number of carbonyl (C=O) groups is 1. The van der Waals surface area contributed by atoms with Gasteiger partial charge in [0.05, 0.1) is 17.6 Å². The third-order valence-corrected chi connectivity index (χ3v) is 3.67.